The van der Waals surface area contributed by atoms with Crippen LogP contribution in [0, 0.1) is 5.92 Å². The van der Waals surface area contributed by atoms with Gasteiger partial charge in [-0.3, -0.25) is 4.79 Å². The Morgan fingerprint density at radius 3 is 2.41 bits per heavy atom. The standard InChI is InChI=1S/C15H23ClNO4P/c1-4-13(5-2)11-20-15(18)12(3)17-22(16,19)21-14-9-7-6-8-10-14/h6-10,12-13H,4-5,11H2,1-3H3,(H,17,19). The highest BCUT2D eigenvalue weighted by molar-refractivity contribution is 7.84. The molecule has 0 amide bonds. The molecule has 0 aliphatic rings. The van der Waals surface area contributed by atoms with Crippen molar-refractivity contribution in [3.05, 3.63) is 30.3 Å². The molecule has 0 aliphatic heterocycles. The van der Waals surface area contributed by atoms with Gasteiger partial charge in [-0.2, -0.15) is 0 Å². The molecule has 0 heterocycles. The number of nitrogens with one attached hydrogen (secondary N) is 1. The van der Waals surface area contributed by atoms with Gasteiger partial charge < -0.3 is 9.26 Å². The van der Waals surface area contributed by atoms with Gasteiger partial charge in [0.05, 0.1) is 6.61 Å². The average molecular weight is 348 g/mol. The molecule has 0 fully saturated rings. The topological polar surface area (TPSA) is 64.6 Å². The van der Waals surface area contributed by atoms with E-state index in [1.54, 1.807) is 37.3 Å². The molecule has 0 aliphatic carbocycles. The van der Waals surface area contributed by atoms with Crippen LogP contribution in [0.2, 0.25) is 0 Å². The van der Waals surface area contributed by atoms with Crippen LogP contribution < -0.4 is 9.61 Å². The number of para-hydroxylation sites is 1. The van der Waals surface area contributed by atoms with Crippen LogP contribution in [0.3, 0.4) is 0 Å². The lowest BCUT2D eigenvalue weighted by Gasteiger charge is -2.19. The summed E-state index contributed by atoms with van der Waals surface area (Å²) in [5.41, 5.74) is 0. The van der Waals surface area contributed by atoms with Crippen molar-refractivity contribution in [3.63, 3.8) is 0 Å². The zero-order valence-corrected chi connectivity index (χ0v) is 14.8. The van der Waals surface area contributed by atoms with Gasteiger partial charge in [-0.15, -0.1) is 0 Å². The molecule has 22 heavy (non-hydrogen) atoms. The Hall–Kier alpha value is -1.03. The Balaban J connectivity index is 2.50. The third-order valence-electron chi connectivity index (χ3n) is 3.28. The Kier molecular flexibility index (Phi) is 7.94. The first-order chi connectivity index (χ1) is 10.4. The second-order valence-corrected chi connectivity index (χ2v) is 7.78. The van der Waals surface area contributed by atoms with E-state index in [-0.39, 0.29) is 0 Å². The predicted octanol–water partition coefficient (Wildman–Crippen LogP) is 4.37. The van der Waals surface area contributed by atoms with Crippen LogP contribution in [0.5, 0.6) is 5.75 Å². The fourth-order valence-corrected chi connectivity index (χ4v) is 3.47. The van der Waals surface area contributed by atoms with E-state index in [1.807, 2.05) is 13.8 Å². The molecule has 2 atom stereocenters. The SMILES string of the molecule is CCC(CC)COC(=O)C(C)NP(=O)(Cl)Oc1ccccc1. The van der Waals surface area contributed by atoms with Crippen LogP contribution in [0.1, 0.15) is 33.6 Å². The van der Waals surface area contributed by atoms with Crippen molar-refractivity contribution in [3.8, 4) is 5.75 Å². The lowest BCUT2D eigenvalue weighted by Crippen LogP contribution is -2.34. The summed E-state index contributed by atoms with van der Waals surface area (Å²) >= 11 is 5.84. The van der Waals surface area contributed by atoms with Crippen LogP contribution in [-0.4, -0.2) is 18.6 Å². The second kappa shape index (κ2) is 9.19. The summed E-state index contributed by atoms with van der Waals surface area (Å²) < 4.78 is 22.6. The lowest BCUT2D eigenvalue weighted by molar-refractivity contribution is -0.146. The fourth-order valence-electron chi connectivity index (χ4n) is 1.78. The van der Waals surface area contributed by atoms with Gasteiger partial charge in [-0.05, 0) is 25.0 Å². The van der Waals surface area contributed by atoms with Crippen LogP contribution >= 0.6 is 18.1 Å². The van der Waals surface area contributed by atoms with Crippen molar-refractivity contribution in [1.29, 1.82) is 0 Å². The maximum Gasteiger partial charge on any atom is 0.409 e. The molecule has 0 saturated heterocycles. The predicted molar refractivity (Wildman–Crippen MR) is 88.2 cm³/mol. The van der Waals surface area contributed by atoms with Crippen molar-refractivity contribution in [1.82, 2.24) is 5.09 Å². The second-order valence-electron chi connectivity index (χ2n) is 5.05. The van der Waals surface area contributed by atoms with E-state index in [1.165, 1.54) is 0 Å². The molecule has 5 nitrogen and oxygen atoms in total. The van der Waals surface area contributed by atoms with Crippen LogP contribution in [0.15, 0.2) is 30.3 Å². The van der Waals surface area contributed by atoms with E-state index in [0.29, 0.717) is 18.3 Å². The summed E-state index contributed by atoms with van der Waals surface area (Å²) in [4.78, 5) is 11.9. The van der Waals surface area contributed by atoms with Gasteiger partial charge in [-0.1, -0.05) is 44.9 Å². The number of carbonyl (C=O) groups is 1. The number of hydrogen-bond donors (Lipinski definition) is 1. The number of esters is 1. The number of ether oxygens (including phenoxy) is 1. The number of hydrogen-bond acceptors (Lipinski definition) is 4. The molecule has 0 bridgehead atoms. The van der Waals surface area contributed by atoms with Crippen molar-refractivity contribution in [2.75, 3.05) is 6.61 Å². The highest BCUT2D eigenvalue weighted by Crippen LogP contribution is 2.48. The summed E-state index contributed by atoms with van der Waals surface area (Å²) in [6.07, 6.45) is 1.88. The fraction of sp³-hybridized carbons (Fsp3) is 0.533. The van der Waals surface area contributed by atoms with Crippen LogP contribution in [0.4, 0.5) is 0 Å². The van der Waals surface area contributed by atoms with Crippen LogP contribution in [-0.2, 0) is 14.1 Å². The molecule has 124 valence electrons. The van der Waals surface area contributed by atoms with Gasteiger partial charge in [0, 0.05) is 11.2 Å². The third-order valence-corrected chi connectivity index (χ3v) is 4.92. The monoisotopic (exact) mass is 347 g/mol. The minimum atomic E-state index is -3.66. The van der Waals surface area contributed by atoms with E-state index in [2.05, 4.69) is 5.09 Å². The van der Waals surface area contributed by atoms with Gasteiger partial charge in [0.1, 0.15) is 11.8 Å². The summed E-state index contributed by atoms with van der Waals surface area (Å²) in [5.74, 6) is 0.204. The molecule has 1 aromatic carbocycles. The normalized spacial score (nSPS) is 15.1. The first-order valence-corrected chi connectivity index (χ1v) is 9.89. The Bertz CT molecular complexity index is 508. The molecule has 2 unspecified atom stereocenters. The summed E-state index contributed by atoms with van der Waals surface area (Å²) in [6.45, 7) is 2.32. The van der Waals surface area contributed by atoms with Crippen molar-refractivity contribution >= 4 is 24.1 Å². The summed E-state index contributed by atoms with van der Waals surface area (Å²) in [7, 11) is 0. The number of carbonyl (C=O) groups excluding carboxylic acids is 1. The number of rotatable bonds is 9. The minimum Gasteiger partial charge on any atom is -0.464 e. The Morgan fingerprint density at radius 2 is 1.86 bits per heavy atom. The largest absolute Gasteiger partial charge is 0.464 e. The van der Waals surface area contributed by atoms with Crippen molar-refractivity contribution in [2.24, 2.45) is 5.92 Å². The molecular weight excluding hydrogens is 325 g/mol. The van der Waals surface area contributed by atoms with E-state index < -0.39 is 18.9 Å². The van der Waals surface area contributed by atoms with E-state index >= 15 is 0 Å². The highest BCUT2D eigenvalue weighted by atomic mass is 35.7. The Morgan fingerprint density at radius 1 is 1.27 bits per heavy atom. The van der Waals surface area contributed by atoms with Gasteiger partial charge in [0.2, 0.25) is 0 Å². The highest BCUT2D eigenvalue weighted by Gasteiger charge is 2.28. The average Bonchev–Trinajstić information content (AvgIpc) is 2.48. The molecular formula is C15H23ClNO4P. The van der Waals surface area contributed by atoms with Gasteiger partial charge >= 0.3 is 12.8 Å². The van der Waals surface area contributed by atoms with Crippen molar-refractivity contribution < 1.29 is 18.6 Å². The van der Waals surface area contributed by atoms with Crippen molar-refractivity contribution in [2.45, 2.75) is 39.7 Å². The minimum absolute atomic E-state index is 0.333. The molecule has 1 aromatic rings. The van der Waals surface area contributed by atoms with E-state index in [9.17, 15) is 9.36 Å². The molecule has 7 heteroatoms. The molecule has 0 spiro atoms. The summed E-state index contributed by atoms with van der Waals surface area (Å²) in [6, 6.07) is 7.72. The number of benzene rings is 1. The maximum atomic E-state index is 12.2. The zero-order chi connectivity index (χ0) is 16.6. The molecule has 0 saturated carbocycles. The lowest BCUT2D eigenvalue weighted by atomic mass is 10.1. The molecule has 1 rings (SSSR count). The van der Waals surface area contributed by atoms with Crippen LogP contribution in [0.25, 0.3) is 0 Å². The molecule has 0 aromatic heterocycles. The van der Waals surface area contributed by atoms with Gasteiger partial charge in [0.25, 0.3) is 0 Å². The number of halogens is 1. The Labute approximate surface area is 136 Å². The zero-order valence-electron chi connectivity index (χ0n) is 13.1. The maximum absolute atomic E-state index is 12.2. The van der Waals surface area contributed by atoms with E-state index in [4.69, 9.17) is 20.5 Å². The molecule has 0 radical (unpaired) electrons. The smallest absolute Gasteiger partial charge is 0.409 e. The summed E-state index contributed by atoms with van der Waals surface area (Å²) in [5, 5.41) is 2.49. The van der Waals surface area contributed by atoms with Gasteiger partial charge in [0.15, 0.2) is 0 Å². The van der Waals surface area contributed by atoms with E-state index in [0.717, 1.165) is 12.8 Å². The third kappa shape index (κ3) is 6.82. The first-order valence-electron chi connectivity index (χ1n) is 7.36. The quantitative estimate of drug-likeness (QED) is 0.531. The first kappa shape index (κ1) is 19.0. The molecule has 1 N–H and O–H groups in total. The van der Waals surface area contributed by atoms with Gasteiger partial charge in [-0.25, -0.2) is 9.65 Å².